The molecule has 4 rings (SSSR count). The van der Waals surface area contributed by atoms with Gasteiger partial charge in [-0.2, -0.15) is 0 Å². The number of carbonyl (C=O) groups excluding carboxylic acids is 1. The van der Waals surface area contributed by atoms with Crippen molar-refractivity contribution < 1.29 is 14.3 Å². The lowest BCUT2D eigenvalue weighted by Crippen LogP contribution is -2.48. The molecule has 0 radical (unpaired) electrons. The molecule has 4 nitrogen and oxygen atoms in total. The highest BCUT2D eigenvalue weighted by Crippen LogP contribution is 2.46. The molecule has 0 N–H and O–H groups in total. The molecule has 1 aliphatic rings. The Labute approximate surface area is 175 Å². The van der Waals surface area contributed by atoms with Crippen molar-refractivity contribution in [2.45, 2.75) is 25.5 Å². The van der Waals surface area contributed by atoms with Crippen LogP contribution >= 0.6 is 11.6 Å². The van der Waals surface area contributed by atoms with Crippen molar-refractivity contribution in [3.63, 3.8) is 0 Å². The highest BCUT2D eigenvalue weighted by molar-refractivity contribution is 6.30. The number of benzene rings is 3. The van der Waals surface area contributed by atoms with Crippen LogP contribution in [0.15, 0.2) is 72.8 Å². The molecule has 1 unspecified atom stereocenters. The Morgan fingerprint density at radius 1 is 0.931 bits per heavy atom. The minimum atomic E-state index is -0.503. The number of para-hydroxylation sites is 1. The third kappa shape index (κ3) is 3.45. The second-order valence-corrected chi connectivity index (χ2v) is 8.00. The molecule has 1 aliphatic heterocycles. The second kappa shape index (κ2) is 7.45. The van der Waals surface area contributed by atoms with Gasteiger partial charge in [-0.15, -0.1) is 0 Å². The van der Waals surface area contributed by atoms with E-state index >= 15 is 0 Å². The van der Waals surface area contributed by atoms with E-state index in [0.717, 1.165) is 17.0 Å². The summed E-state index contributed by atoms with van der Waals surface area (Å²) in [6, 6.07) is 22.2. The van der Waals surface area contributed by atoms with Crippen LogP contribution in [0.5, 0.6) is 11.5 Å². The summed E-state index contributed by atoms with van der Waals surface area (Å²) < 4.78 is 11.6. The molecule has 3 aromatic carbocycles. The van der Waals surface area contributed by atoms with Gasteiger partial charge in [0, 0.05) is 16.0 Å². The number of nitrogens with zero attached hydrogens (tertiary/aromatic N) is 1. The van der Waals surface area contributed by atoms with Gasteiger partial charge in [-0.25, -0.2) is 0 Å². The van der Waals surface area contributed by atoms with Gasteiger partial charge >= 0.3 is 0 Å². The second-order valence-electron chi connectivity index (χ2n) is 7.57. The topological polar surface area (TPSA) is 38.8 Å². The normalized spacial score (nSPS) is 17.0. The van der Waals surface area contributed by atoms with E-state index < -0.39 is 11.6 Å². The van der Waals surface area contributed by atoms with Gasteiger partial charge in [0.1, 0.15) is 11.5 Å². The lowest BCUT2D eigenvalue weighted by atomic mass is 9.85. The average molecular weight is 408 g/mol. The fourth-order valence-corrected chi connectivity index (χ4v) is 3.87. The van der Waals surface area contributed by atoms with Gasteiger partial charge in [0.25, 0.3) is 5.91 Å². The van der Waals surface area contributed by atoms with E-state index in [1.807, 2.05) is 42.5 Å². The molecule has 1 atom stereocenters. The van der Waals surface area contributed by atoms with Gasteiger partial charge < -0.3 is 9.47 Å². The third-order valence-corrected chi connectivity index (χ3v) is 5.58. The predicted octanol–water partition coefficient (Wildman–Crippen LogP) is 5.69. The minimum absolute atomic E-state index is 0.127. The number of fused-ring (bicyclic) bond motifs is 1. The molecule has 29 heavy (non-hydrogen) atoms. The molecular formula is C24H22ClNO3. The molecule has 0 fully saturated rings. The maximum atomic E-state index is 13.5. The SMILES string of the molecule is COc1ccc(OC2N(C(=O)c3ccc(Cl)cc3)c3ccccc3C2(C)C)cc1. The number of anilines is 1. The predicted molar refractivity (Wildman–Crippen MR) is 115 cm³/mol. The molecule has 0 bridgehead atoms. The Morgan fingerprint density at radius 3 is 2.21 bits per heavy atom. The first-order valence-electron chi connectivity index (χ1n) is 9.41. The highest BCUT2D eigenvalue weighted by Gasteiger charge is 2.49. The maximum absolute atomic E-state index is 13.5. The van der Waals surface area contributed by atoms with Gasteiger partial charge in [0.05, 0.1) is 12.8 Å². The Bertz CT molecular complexity index is 1030. The first kappa shape index (κ1) is 19.3. The van der Waals surface area contributed by atoms with E-state index in [0.29, 0.717) is 16.3 Å². The van der Waals surface area contributed by atoms with Crippen LogP contribution < -0.4 is 14.4 Å². The number of hydrogen-bond acceptors (Lipinski definition) is 3. The summed E-state index contributed by atoms with van der Waals surface area (Å²) in [5.41, 5.74) is 2.08. The van der Waals surface area contributed by atoms with Gasteiger partial charge in [0.15, 0.2) is 6.23 Å². The van der Waals surface area contributed by atoms with Crippen LogP contribution in [0.4, 0.5) is 5.69 Å². The maximum Gasteiger partial charge on any atom is 0.261 e. The van der Waals surface area contributed by atoms with Crippen LogP contribution in [0.2, 0.25) is 5.02 Å². The summed E-state index contributed by atoms with van der Waals surface area (Å²) in [7, 11) is 1.62. The highest BCUT2D eigenvalue weighted by atomic mass is 35.5. The molecule has 3 aromatic rings. The van der Waals surface area contributed by atoms with Gasteiger partial charge in [0.2, 0.25) is 0 Å². The van der Waals surface area contributed by atoms with Crippen LogP contribution in [0, 0.1) is 0 Å². The van der Waals surface area contributed by atoms with Crippen molar-refractivity contribution in [2.24, 2.45) is 0 Å². The Hall–Kier alpha value is -2.98. The molecular weight excluding hydrogens is 386 g/mol. The smallest absolute Gasteiger partial charge is 0.261 e. The van der Waals surface area contributed by atoms with E-state index in [-0.39, 0.29) is 5.91 Å². The Morgan fingerprint density at radius 2 is 1.55 bits per heavy atom. The summed E-state index contributed by atoms with van der Waals surface area (Å²) in [5.74, 6) is 1.30. The van der Waals surface area contributed by atoms with E-state index in [1.165, 1.54) is 0 Å². The van der Waals surface area contributed by atoms with E-state index in [2.05, 4.69) is 19.9 Å². The summed E-state index contributed by atoms with van der Waals surface area (Å²) in [6.07, 6.45) is -0.503. The average Bonchev–Trinajstić information content (AvgIpc) is 2.96. The number of ether oxygens (including phenoxy) is 2. The van der Waals surface area contributed by atoms with E-state index in [4.69, 9.17) is 21.1 Å². The van der Waals surface area contributed by atoms with Crippen LogP contribution in [-0.4, -0.2) is 19.2 Å². The van der Waals surface area contributed by atoms with Crippen molar-refractivity contribution in [3.8, 4) is 11.5 Å². The van der Waals surface area contributed by atoms with Crippen molar-refractivity contribution in [3.05, 3.63) is 88.9 Å². The summed E-state index contributed by atoms with van der Waals surface area (Å²) >= 11 is 6.00. The zero-order chi connectivity index (χ0) is 20.6. The van der Waals surface area contributed by atoms with Crippen molar-refractivity contribution in [1.29, 1.82) is 0 Å². The van der Waals surface area contributed by atoms with Crippen LogP contribution in [0.3, 0.4) is 0 Å². The van der Waals surface area contributed by atoms with E-state index in [9.17, 15) is 4.79 Å². The van der Waals surface area contributed by atoms with Gasteiger partial charge in [-0.1, -0.05) is 43.6 Å². The molecule has 1 heterocycles. The molecule has 0 saturated carbocycles. The molecule has 5 heteroatoms. The number of halogens is 1. The van der Waals surface area contributed by atoms with Gasteiger partial charge in [-0.3, -0.25) is 9.69 Å². The minimum Gasteiger partial charge on any atom is -0.497 e. The lowest BCUT2D eigenvalue weighted by Gasteiger charge is -2.33. The molecule has 148 valence electrons. The van der Waals surface area contributed by atoms with Crippen LogP contribution in [-0.2, 0) is 5.41 Å². The standard InChI is InChI=1S/C24H22ClNO3/c1-24(2)20-6-4-5-7-21(20)26(22(27)16-8-10-17(25)11-9-16)23(24)29-19-14-12-18(28-3)13-15-19/h4-15,23H,1-3H3. The Kier molecular flexibility index (Phi) is 4.97. The Balaban J connectivity index is 1.75. The summed E-state index contributed by atoms with van der Waals surface area (Å²) in [5, 5.41) is 0.592. The van der Waals surface area contributed by atoms with Crippen molar-refractivity contribution in [1.82, 2.24) is 0 Å². The zero-order valence-electron chi connectivity index (χ0n) is 16.6. The number of methoxy groups -OCH3 is 1. The third-order valence-electron chi connectivity index (χ3n) is 5.33. The molecule has 1 amide bonds. The first-order valence-corrected chi connectivity index (χ1v) is 9.79. The number of carbonyl (C=O) groups is 1. The van der Waals surface area contributed by atoms with Crippen molar-refractivity contribution >= 4 is 23.2 Å². The lowest BCUT2D eigenvalue weighted by molar-refractivity contribution is 0.0848. The number of amides is 1. The first-order chi connectivity index (χ1) is 13.9. The fraction of sp³-hybridized carbons (Fsp3) is 0.208. The van der Waals surface area contributed by atoms with Crippen LogP contribution in [0.25, 0.3) is 0 Å². The van der Waals surface area contributed by atoms with E-state index in [1.54, 1.807) is 36.3 Å². The van der Waals surface area contributed by atoms with Crippen molar-refractivity contribution in [2.75, 3.05) is 12.0 Å². The zero-order valence-corrected chi connectivity index (χ0v) is 17.3. The fourth-order valence-electron chi connectivity index (χ4n) is 3.74. The molecule has 0 spiro atoms. The summed E-state index contributed by atoms with van der Waals surface area (Å²) in [6.45, 7) is 4.18. The molecule has 0 aliphatic carbocycles. The molecule has 0 saturated heterocycles. The largest absolute Gasteiger partial charge is 0.497 e. The molecule has 0 aromatic heterocycles. The summed E-state index contributed by atoms with van der Waals surface area (Å²) in [4.78, 5) is 15.2. The monoisotopic (exact) mass is 407 g/mol. The number of rotatable bonds is 4. The quantitative estimate of drug-likeness (QED) is 0.557. The number of hydrogen-bond donors (Lipinski definition) is 0. The van der Waals surface area contributed by atoms with Gasteiger partial charge in [-0.05, 0) is 60.2 Å². The van der Waals surface area contributed by atoms with Crippen LogP contribution in [0.1, 0.15) is 29.8 Å².